The molecular formula is C32H48F3N3O11. The number of hydrogen-bond donors (Lipinski definition) is 3. The Morgan fingerprint density at radius 3 is 2.04 bits per heavy atom. The van der Waals surface area contributed by atoms with Crippen LogP contribution in [-0.4, -0.2) is 110 Å². The molecule has 1 heterocycles. The van der Waals surface area contributed by atoms with Gasteiger partial charge in [0.25, 0.3) is 0 Å². The van der Waals surface area contributed by atoms with Crippen LogP contribution in [0, 0.1) is 5.92 Å². The Labute approximate surface area is 283 Å². The molecule has 17 heteroatoms. The molecule has 0 radical (unpaired) electrons. The molecule has 2 fully saturated rings. The summed E-state index contributed by atoms with van der Waals surface area (Å²) in [4.78, 5) is 77.4. The molecule has 4 amide bonds. The molecule has 5 atom stereocenters. The first-order chi connectivity index (χ1) is 22.4. The topological polar surface area (TPSA) is 189 Å². The highest BCUT2D eigenvalue weighted by atomic mass is 19.4. The largest absolute Gasteiger partial charge is 0.480 e. The Bertz CT molecular complexity index is 1250. The average molecular weight is 708 g/mol. The number of nitrogens with zero attached hydrogens (tertiary/aromatic N) is 2. The zero-order valence-electron chi connectivity index (χ0n) is 28.9. The van der Waals surface area contributed by atoms with Crippen LogP contribution in [0.2, 0.25) is 0 Å². The van der Waals surface area contributed by atoms with Gasteiger partial charge in [-0.2, -0.15) is 18.1 Å². The lowest BCUT2D eigenvalue weighted by Gasteiger charge is -2.33. The molecule has 1 aliphatic carbocycles. The maximum atomic E-state index is 13.3. The molecule has 2 aliphatic rings. The van der Waals surface area contributed by atoms with Crippen molar-refractivity contribution in [2.45, 2.75) is 135 Å². The number of amides is 4. The molecule has 0 aromatic rings. The predicted molar refractivity (Wildman–Crippen MR) is 166 cm³/mol. The van der Waals surface area contributed by atoms with Crippen LogP contribution in [0.1, 0.15) is 93.4 Å². The van der Waals surface area contributed by atoms with Gasteiger partial charge in [-0.05, 0) is 74.1 Å². The Morgan fingerprint density at radius 2 is 1.55 bits per heavy atom. The van der Waals surface area contributed by atoms with E-state index < -0.39 is 89.5 Å². The van der Waals surface area contributed by atoms with Crippen LogP contribution in [0.15, 0.2) is 12.2 Å². The number of alkyl halides is 3. The van der Waals surface area contributed by atoms with E-state index in [1.54, 1.807) is 65.9 Å². The van der Waals surface area contributed by atoms with Gasteiger partial charge in [0.1, 0.15) is 23.3 Å². The minimum Gasteiger partial charge on any atom is -0.480 e. The number of esters is 1. The van der Waals surface area contributed by atoms with Gasteiger partial charge in [-0.1, -0.05) is 25.0 Å². The highest BCUT2D eigenvalue weighted by molar-refractivity contribution is 5.99. The van der Waals surface area contributed by atoms with E-state index >= 15 is 0 Å². The lowest BCUT2D eigenvalue weighted by atomic mass is 10.0. The number of carbonyl (C=O) groups is 6. The number of carboxylic acids is 1. The van der Waals surface area contributed by atoms with Gasteiger partial charge < -0.3 is 34.6 Å². The summed E-state index contributed by atoms with van der Waals surface area (Å²) in [6, 6.07) is -3.11. The van der Waals surface area contributed by atoms with Gasteiger partial charge in [-0.15, -0.1) is 0 Å². The van der Waals surface area contributed by atoms with Gasteiger partial charge in [0, 0.05) is 18.9 Å². The second-order valence-electron chi connectivity index (χ2n) is 14.1. The molecule has 0 spiro atoms. The van der Waals surface area contributed by atoms with Gasteiger partial charge in [0.15, 0.2) is 5.54 Å². The summed E-state index contributed by atoms with van der Waals surface area (Å²) in [5, 5.41) is 20.9. The Balaban J connectivity index is 2.12. The van der Waals surface area contributed by atoms with E-state index in [9.17, 15) is 52.2 Å². The first kappa shape index (κ1) is 41.3. The number of carbonyl (C=O) groups excluding carboxylic acids is 5. The number of aliphatic carboxylic acids is 1. The molecule has 0 bridgehead atoms. The zero-order chi connectivity index (χ0) is 37.5. The monoisotopic (exact) mass is 707 g/mol. The SMILES string of the molecule is CCOC(=O)[C@]1(N(C(=O)OC(C)(C)C)C(=O)OC(C)(C)C)C[C@@H]1/C=C/CCCCC[C@@H](NC(=O)C(F)(F)F)C(=O)N1C[C@H](O)C[C@H]1C(=O)O. The number of carboxylic acid groups (broad SMARTS) is 1. The van der Waals surface area contributed by atoms with E-state index in [-0.39, 0.29) is 32.3 Å². The van der Waals surface area contributed by atoms with E-state index in [0.717, 1.165) is 4.90 Å². The van der Waals surface area contributed by atoms with Gasteiger partial charge in [-0.3, -0.25) is 9.59 Å². The Kier molecular flexibility index (Phi) is 13.7. The fourth-order valence-corrected chi connectivity index (χ4v) is 5.40. The van der Waals surface area contributed by atoms with E-state index in [1.807, 2.05) is 0 Å². The van der Waals surface area contributed by atoms with Crippen molar-refractivity contribution in [1.82, 2.24) is 15.1 Å². The van der Waals surface area contributed by atoms with Crippen LogP contribution in [0.4, 0.5) is 22.8 Å². The fraction of sp³-hybridized carbons (Fsp3) is 0.750. The molecule has 3 N–H and O–H groups in total. The van der Waals surface area contributed by atoms with Crippen LogP contribution >= 0.6 is 0 Å². The van der Waals surface area contributed by atoms with Crippen molar-refractivity contribution in [3.8, 4) is 0 Å². The number of likely N-dealkylation sites (tertiary alicyclic amines) is 1. The number of unbranched alkanes of at least 4 members (excludes halogenated alkanes) is 3. The lowest BCUT2D eigenvalue weighted by molar-refractivity contribution is -0.175. The number of ether oxygens (including phenoxy) is 3. The Hall–Kier alpha value is -3.89. The molecule has 2 rings (SSSR count). The van der Waals surface area contributed by atoms with Crippen molar-refractivity contribution in [3.63, 3.8) is 0 Å². The number of halogens is 3. The molecule has 49 heavy (non-hydrogen) atoms. The van der Waals surface area contributed by atoms with Gasteiger partial charge >= 0.3 is 36.2 Å². The number of nitrogens with one attached hydrogen (secondary N) is 1. The van der Waals surface area contributed by atoms with Crippen molar-refractivity contribution >= 4 is 35.9 Å². The number of allylic oxidation sites excluding steroid dienone is 1. The Morgan fingerprint density at radius 1 is 0.980 bits per heavy atom. The van der Waals surface area contributed by atoms with E-state index in [1.165, 1.54) is 0 Å². The molecular weight excluding hydrogens is 659 g/mol. The first-order valence-electron chi connectivity index (χ1n) is 16.1. The van der Waals surface area contributed by atoms with E-state index in [4.69, 9.17) is 14.2 Å². The van der Waals surface area contributed by atoms with Gasteiger partial charge in [-0.25, -0.2) is 19.2 Å². The summed E-state index contributed by atoms with van der Waals surface area (Å²) in [5.41, 5.74) is -3.71. The number of imide groups is 1. The van der Waals surface area contributed by atoms with Gasteiger partial charge in [0.2, 0.25) is 5.91 Å². The third-order valence-corrected chi connectivity index (χ3v) is 7.60. The number of aliphatic hydroxyl groups is 1. The predicted octanol–water partition coefficient (Wildman–Crippen LogP) is 4.08. The minimum absolute atomic E-state index is 0.0181. The normalized spacial score (nSPS) is 23.1. The molecule has 1 aliphatic heterocycles. The van der Waals surface area contributed by atoms with Crippen molar-refractivity contribution in [1.29, 1.82) is 0 Å². The van der Waals surface area contributed by atoms with E-state index in [0.29, 0.717) is 24.2 Å². The highest BCUT2D eigenvalue weighted by Crippen LogP contribution is 2.51. The highest BCUT2D eigenvalue weighted by Gasteiger charge is 2.69. The van der Waals surface area contributed by atoms with Crippen molar-refractivity contribution in [2.24, 2.45) is 5.92 Å². The van der Waals surface area contributed by atoms with Crippen LogP contribution in [0.25, 0.3) is 0 Å². The third-order valence-electron chi connectivity index (χ3n) is 7.60. The number of rotatable bonds is 13. The summed E-state index contributed by atoms with van der Waals surface area (Å²) in [5.74, 6) is -6.26. The average Bonchev–Trinajstić information content (AvgIpc) is 3.50. The molecule has 278 valence electrons. The van der Waals surface area contributed by atoms with Crippen LogP contribution in [0.5, 0.6) is 0 Å². The third kappa shape index (κ3) is 11.6. The van der Waals surface area contributed by atoms with E-state index in [2.05, 4.69) is 0 Å². The second kappa shape index (κ2) is 16.2. The van der Waals surface area contributed by atoms with Crippen LogP contribution < -0.4 is 5.32 Å². The maximum absolute atomic E-state index is 13.3. The summed E-state index contributed by atoms with van der Waals surface area (Å²) in [6.07, 6.45) is -4.28. The molecule has 1 saturated heterocycles. The second-order valence-corrected chi connectivity index (χ2v) is 14.1. The zero-order valence-corrected chi connectivity index (χ0v) is 28.9. The van der Waals surface area contributed by atoms with Crippen LogP contribution in [-0.2, 0) is 33.4 Å². The van der Waals surface area contributed by atoms with Crippen LogP contribution in [0.3, 0.4) is 0 Å². The number of β-amino-alcohol motifs (C(OH)–C–C–N with tert-alkyl or cyclic N) is 1. The van der Waals surface area contributed by atoms with Crippen molar-refractivity contribution < 1.29 is 66.4 Å². The fourth-order valence-electron chi connectivity index (χ4n) is 5.40. The molecule has 0 aromatic heterocycles. The van der Waals surface area contributed by atoms with Crippen molar-refractivity contribution in [2.75, 3.05) is 13.2 Å². The molecule has 1 saturated carbocycles. The lowest BCUT2D eigenvalue weighted by Crippen LogP contribution is -2.55. The molecule has 0 aromatic carbocycles. The smallest absolute Gasteiger partial charge is 0.471 e. The number of hydrogen-bond acceptors (Lipinski definition) is 10. The molecule has 0 unspecified atom stereocenters. The standard InChI is InChI=1S/C32H48F3N3O11/c1-8-47-26(44)31(38(27(45)48-29(2,3)4)28(46)49-30(5,6)7)17-19(31)14-12-10-9-11-13-15-21(36-25(43)32(33,34)35)23(40)37-18-20(39)16-22(37)24(41)42/h12,14,19-22,39H,8-11,13,15-18H2,1-7H3,(H,36,43)(H,41,42)/b14-12+/t19-,20+,21+,22-,31-/m0/s1. The maximum Gasteiger partial charge on any atom is 0.471 e. The quantitative estimate of drug-likeness (QED) is 0.108. The minimum atomic E-state index is -5.27. The summed E-state index contributed by atoms with van der Waals surface area (Å²) >= 11 is 0. The van der Waals surface area contributed by atoms with Gasteiger partial charge in [0.05, 0.1) is 12.7 Å². The number of aliphatic hydroxyl groups excluding tert-OH is 1. The summed E-state index contributed by atoms with van der Waals surface area (Å²) < 4.78 is 55.1. The summed E-state index contributed by atoms with van der Waals surface area (Å²) in [6.45, 7) is 10.8. The van der Waals surface area contributed by atoms with Crippen molar-refractivity contribution in [3.05, 3.63) is 12.2 Å². The first-order valence-corrected chi connectivity index (χ1v) is 16.1. The summed E-state index contributed by atoms with van der Waals surface area (Å²) in [7, 11) is 0. The molecule has 14 nitrogen and oxygen atoms in total.